The Morgan fingerprint density at radius 3 is 2.36 bits per heavy atom. The van der Waals surface area contributed by atoms with E-state index in [2.05, 4.69) is 102 Å². The van der Waals surface area contributed by atoms with Crippen LogP contribution in [0.4, 0.5) is 4.79 Å². The number of piperazine rings is 1. The molecule has 3 heterocycles. The number of amides is 1. The summed E-state index contributed by atoms with van der Waals surface area (Å²) >= 11 is 0. The van der Waals surface area contributed by atoms with Gasteiger partial charge in [0.15, 0.2) is 0 Å². The maximum absolute atomic E-state index is 13.1. The maximum Gasteiger partial charge on any atom is 0.409 e. The van der Waals surface area contributed by atoms with E-state index in [4.69, 9.17) is 19.2 Å². The second kappa shape index (κ2) is 17.0. The van der Waals surface area contributed by atoms with Crippen LogP contribution in [-0.4, -0.2) is 84.8 Å². The van der Waals surface area contributed by atoms with E-state index in [-0.39, 0.29) is 12.0 Å². The van der Waals surface area contributed by atoms with Crippen LogP contribution in [0.25, 0.3) is 27.6 Å². The van der Waals surface area contributed by atoms with Crippen molar-refractivity contribution in [2.45, 2.75) is 51.8 Å². The van der Waals surface area contributed by atoms with Crippen LogP contribution < -0.4 is 4.74 Å². The number of pyridine rings is 1. The molecule has 3 aromatic carbocycles. The normalized spacial score (nSPS) is 15.2. The second-order valence-corrected chi connectivity index (χ2v) is 21.0. The smallest absolute Gasteiger partial charge is 0.409 e. The number of allylic oxidation sites excluding steroid dienone is 3. The lowest BCUT2D eigenvalue weighted by Gasteiger charge is -2.34. The number of aliphatic imine (C=N–C) groups is 1. The van der Waals surface area contributed by atoms with Gasteiger partial charge in [0, 0.05) is 71.0 Å². The average molecular weight is 755 g/mol. The third-order valence-corrected chi connectivity index (χ3v) is 12.0. The molecule has 0 saturated carbocycles. The van der Waals surface area contributed by atoms with E-state index in [0.717, 1.165) is 53.6 Å². The van der Waals surface area contributed by atoms with Crippen molar-refractivity contribution in [3.8, 4) is 16.9 Å². The van der Waals surface area contributed by atoms with E-state index in [0.29, 0.717) is 44.6 Å². The minimum Gasteiger partial charge on any atom is -0.448 e. The number of carbonyl (C=O) groups excluding carboxylic acids is 1. The molecule has 1 fully saturated rings. The maximum atomic E-state index is 13.1. The largest absolute Gasteiger partial charge is 0.448 e. The highest BCUT2D eigenvalue weighted by Crippen LogP contribution is 2.44. The van der Waals surface area contributed by atoms with Crippen LogP contribution in [0.15, 0.2) is 114 Å². The van der Waals surface area contributed by atoms with E-state index in [1.165, 1.54) is 22.3 Å². The number of rotatable bonds is 14. The van der Waals surface area contributed by atoms with Crippen LogP contribution in [-0.2, 0) is 22.7 Å². The molecular formula is C44H50N6O4Si. The Kier molecular flexibility index (Phi) is 11.7. The fraction of sp³-hybridized carbons (Fsp3) is 0.318. The van der Waals surface area contributed by atoms with Crippen molar-refractivity contribution in [2.75, 3.05) is 39.4 Å². The van der Waals surface area contributed by atoms with Crippen molar-refractivity contribution in [1.29, 1.82) is 0 Å². The van der Waals surface area contributed by atoms with E-state index in [1.54, 1.807) is 6.20 Å². The van der Waals surface area contributed by atoms with Gasteiger partial charge in [-0.1, -0.05) is 80.3 Å². The van der Waals surface area contributed by atoms with Gasteiger partial charge in [-0.3, -0.25) is 9.88 Å². The molecule has 0 unspecified atom stereocenters. The lowest BCUT2D eigenvalue weighted by atomic mass is 9.98. The summed E-state index contributed by atoms with van der Waals surface area (Å²) in [6, 6.07) is 29.8. The Bertz CT molecular complexity index is 2170. The number of nitrogens with zero attached hydrogens (tertiary/aromatic N) is 6. The molecule has 284 valence electrons. The molecular weight excluding hydrogens is 705 g/mol. The standard InChI is InChI=1S/C44H50N6O4Si/c1-32(42-20-21-46-50(42)31-52-26-27-55(3,4)5)14-19-43(45-2)54-35-17-18-41-33(28-35)15-16-34(47-41)29-48-22-24-49(25-23-48)44(51)53-30-40-38-12-8-6-10-36(38)37-11-7-9-13-39(37)40/h6-21,28,40H,2,22-27,29-31H2,1,3-5H3/b32-14+,43-19+. The molecule has 1 saturated heterocycles. The quantitative estimate of drug-likeness (QED) is 0.0368. The predicted molar refractivity (Wildman–Crippen MR) is 222 cm³/mol. The first kappa shape index (κ1) is 37.9. The summed E-state index contributed by atoms with van der Waals surface area (Å²) < 4.78 is 19.8. The summed E-state index contributed by atoms with van der Waals surface area (Å²) in [5, 5.41) is 5.41. The Balaban J connectivity index is 0.896. The first-order valence-electron chi connectivity index (χ1n) is 19.0. The third-order valence-electron chi connectivity index (χ3n) is 10.3. The Labute approximate surface area is 324 Å². The van der Waals surface area contributed by atoms with Crippen molar-refractivity contribution < 1.29 is 19.0 Å². The number of carbonyl (C=O) groups is 1. The summed E-state index contributed by atoms with van der Waals surface area (Å²) in [6.45, 7) is 17.7. The van der Waals surface area contributed by atoms with Gasteiger partial charge in [0.05, 0.1) is 16.9 Å². The molecule has 7 rings (SSSR count). The lowest BCUT2D eigenvalue weighted by Crippen LogP contribution is -2.48. The van der Waals surface area contributed by atoms with Crippen molar-refractivity contribution in [1.82, 2.24) is 24.6 Å². The highest BCUT2D eigenvalue weighted by molar-refractivity contribution is 6.76. The number of benzene rings is 3. The van der Waals surface area contributed by atoms with Crippen molar-refractivity contribution in [3.63, 3.8) is 0 Å². The summed E-state index contributed by atoms with van der Waals surface area (Å²) in [5.41, 5.74) is 8.73. The number of hydrogen-bond acceptors (Lipinski definition) is 8. The Hall–Kier alpha value is -5.36. The molecule has 1 amide bonds. The van der Waals surface area contributed by atoms with Gasteiger partial charge in [0.1, 0.15) is 19.1 Å². The highest BCUT2D eigenvalue weighted by atomic mass is 28.3. The van der Waals surface area contributed by atoms with Crippen molar-refractivity contribution >= 4 is 37.4 Å². The topological polar surface area (TPSA) is 94.3 Å². The molecule has 0 N–H and O–H groups in total. The first-order chi connectivity index (χ1) is 26.6. The van der Waals surface area contributed by atoms with Crippen LogP contribution in [0.5, 0.6) is 5.75 Å². The second-order valence-electron chi connectivity index (χ2n) is 15.4. The van der Waals surface area contributed by atoms with E-state index < -0.39 is 8.07 Å². The number of hydrogen-bond donors (Lipinski definition) is 0. The van der Waals surface area contributed by atoms with Gasteiger partial charge in [0.2, 0.25) is 5.88 Å². The monoisotopic (exact) mass is 754 g/mol. The molecule has 5 aromatic rings. The molecule has 2 aliphatic rings. The molecule has 11 heteroatoms. The zero-order valence-corrected chi connectivity index (χ0v) is 33.3. The molecule has 55 heavy (non-hydrogen) atoms. The fourth-order valence-corrected chi connectivity index (χ4v) is 7.88. The number of fused-ring (bicyclic) bond motifs is 4. The van der Waals surface area contributed by atoms with Crippen LogP contribution >= 0.6 is 0 Å². The van der Waals surface area contributed by atoms with E-state index in [1.807, 2.05) is 52.9 Å². The summed E-state index contributed by atoms with van der Waals surface area (Å²) in [4.78, 5) is 26.3. The van der Waals surface area contributed by atoms with Gasteiger partial charge < -0.3 is 19.1 Å². The minimum absolute atomic E-state index is 0.0558. The van der Waals surface area contributed by atoms with Crippen molar-refractivity contribution in [3.05, 3.63) is 132 Å². The fourth-order valence-electron chi connectivity index (χ4n) is 7.12. The van der Waals surface area contributed by atoms with Gasteiger partial charge in [-0.2, -0.15) is 5.10 Å². The number of aromatic nitrogens is 3. The lowest BCUT2D eigenvalue weighted by molar-refractivity contribution is 0.0726. The molecule has 1 aliphatic carbocycles. The van der Waals surface area contributed by atoms with Crippen LogP contribution in [0.3, 0.4) is 0 Å². The average Bonchev–Trinajstić information content (AvgIpc) is 3.79. The highest BCUT2D eigenvalue weighted by Gasteiger charge is 2.30. The number of ether oxygens (including phenoxy) is 3. The zero-order valence-electron chi connectivity index (χ0n) is 32.3. The summed E-state index contributed by atoms with van der Waals surface area (Å²) in [7, 11) is -1.15. The summed E-state index contributed by atoms with van der Waals surface area (Å²) in [5.74, 6) is 1.09. The molecule has 0 atom stereocenters. The van der Waals surface area contributed by atoms with Crippen molar-refractivity contribution in [2.24, 2.45) is 4.99 Å². The van der Waals surface area contributed by atoms with Gasteiger partial charge in [0.25, 0.3) is 0 Å². The molecule has 0 spiro atoms. The van der Waals surface area contributed by atoms with Gasteiger partial charge >= 0.3 is 6.09 Å². The molecule has 10 nitrogen and oxygen atoms in total. The van der Waals surface area contributed by atoms with E-state index >= 15 is 0 Å². The molecule has 2 aromatic heterocycles. The van der Waals surface area contributed by atoms with Crippen LogP contribution in [0.2, 0.25) is 25.7 Å². The van der Waals surface area contributed by atoms with E-state index in [9.17, 15) is 4.79 Å². The Morgan fingerprint density at radius 2 is 1.65 bits per heavy atom. The van der Waals surface area contributed by atoms with Crippen LogP contribution in [0, 0.1) is 0 Å². The third kappa shape index (κ3) is 9.30. The van der Waals surface area contributed by atoms with Gasteiger partial charge in [-0.15, -0.1) is 0 Å². The zero-order chi connectivity index (χ0) is 38.4. The predicted octanol–water partition coefficient (Wildman–Crippen LogP) is 8.83. The Morgan fingerprint density at radius 1 is 0.927 bits per heavy atom. The van der Waals surface area contributed by atoms with Crippen LogP contribution in [0.1, 0.15) is 35.4 Å². The summed E-state index contributed by atoms with van der Waals surface area (Å²) in [6.07, 6.45) is 5.29. The SMILES string of the molecule is C=N/C(=C\C=C(/C)c1ccnn1COCC[Si](C)(C)C)Oc1ccc2nc(CN3CCN(C(=O)OCC4c5ccccc5-c5ccccc54)CC3)ccc2c1. The van der Waals surface area contributed by atoms with Gasteiger partial charge in [-0.25, -0.2) is 14.5 Å². The first-order valence-corrected chi connectivity index (χ1v) is 22.7. The molecule has 1 aliphatic heterocycles. The molecule has 0 bridgehead atoms. The van der Waals surface area contributed by atoms with Gasteiger partial charge in [-0.05, 0) is 77.8 Å². The minimum atomic E-state index is -1.15. The molecule has 0 radical (unpaired) electrons.